The lowest BCUT2D eigenvalue weighted by molar-refractivity contribution is -0.164. The van der Waals surface area contributed by atoms with Crippen LogP contribution in [0.5, 0.6) is 0 Å². The first-order valence-electron chi connectivity index (χ1n) is 10.5. The number of carbonyl (C=O) groups is 3. The molecule has 0 fully saturated rings. The molecule has 7 nitrogen and oxygen atoms in total. The number of benzene rings is 1. The maximum atomic E-state index is 12.8. The zero-order valence-electron chi connectivity index (χ0n) is 18.1. The Hall–Kier alpha value is -2.93. The van der Waals surface area contributed by atoms with E-state index in [-0.39, 0.29) is 12.8 Å². The van der Waals surface area contributed by atoms with E-state index in [1.165, 1.54) is 24.3 Å². The van der Waals surface area contributed by atoms with Gasteiger partial charge in [0.25, 0.3) is 0 Å². The first-order valence-corrected chi connectivity index (χ1v) is 10.5. The van der Waals surface area contributed by atoms with Gasteiger partial charge >= 0.3 is 17.9 Å². The van der Waals surface area contributed by atoms with Crippen LogP contribution in [0.3, 0.4) is 0 Å². The van der Waals surface area contributed by atoms with Gasteiger partial charge in [0.2, 0.25) is 0 Å². The van der Waals surface area contributed by atoms with Gasteiger partial charge in [-0.1, -0.05) is 49.4 Å². The molecule has 0 aliphatic carbocycles. The third-order valence-electron chi connectivity index (χ3n) is 5.01. The Morgan fingerprint density at radius 2 is 1.94 bits per heavy atom. The topological polar surface area (TPSA) is 99.1 Å². The highest BCUT2D eigenvalue weighted by Gasteiger charge is 2.30. The molecule has 1 N–H and O–H groups in total. The van der Waals surface area contributed by atoms with Crippen LogP contribution >= 0.6 is 0 Å². The van der Waals surface area contributed by atoms with Gasteiger partial charge < -0.3 is 19.3 Å². The van der Waals surface area contributed by atoms with Crippen LogP contribution in [0.2, 0.25) is 0 Å². The summed E-state index contributed by atoms with van der Waals surface area (Å²) in [7, 11) is 0. The van der Waals surface area contributed by atoms with E-state index in [1.807, 2.05) is 37.3 Å². The van der Waals surface area contributed by atoms with Crippen molar-refractivity contribution >= 4 is 17.9 Å². The number of allylic oxidation sites excluding steroid dienone is 1. The molecular weight excluding hydrogens is 400 g/mol. The smallest absolute Gasteiger partial charge is 0.331 e. The van der Waals surface area contributed by atoms with Crippen molar-refractivity contribution in [2.75, 3.05) is 0 Å². The van der Waals surface area contributed by atoms with Gasteiger partial charge in [-0.15, -0.1) is 0 Å². The molecule has 31 heavy (non-hydrogen) atoms. The molecule has 1 aromatic carbocycles. The van der Waals surface area contributed by atoms with Gasteiger partial charge in [0, 0.05) is 12.5 Å². The van der Waals surface area contributed by atoms with Gasteiger partial charge in [0.05, 0.1) is 5.92 Å². The fraction of sp³-hybridized carbons (Fsp3) is 0.458. The molecule has 0 aromatic heterocycles. The Balaban J connectivity index is 2.17. The van der Waals surface area contributed by atoms with Gasteiger partial charge in [-0.3, -0.25) is 9.59 Å². The summed E-state index contributed by atoms with van der Waals surface area (Å²) < 4.78 is 16.2. The summed E-state index contributed by atoms with van der Waals surface area (Å²) in [4.78, 5) is 36.8. The van der Waals surface area contributed by atoms with Crippen molar-refractivity contribution in [1.29, 1.82) is 0 Å². The summed E-state index contributed by atoms with van der Waals surface area (Å²) in [5, 5.41) is 10.6. The number of cyclic esters (lactones) is 1. The Labute approximate surface area is 182 Å². The van der Waals surface area contributed by atoms with Crippen LogP contribution in [0, 0.1) is 0 Å². The monoisotopic (exact) mass is 430 g/mol. The van der Waals surface area contributed by atoms with E-state index in [9.17, 15) is 19.5 Å². The van der Waals surface area contributed by atoms with Crippen molar-refractivity contribution < 1.29 is 33.7 Å². The number of esters is 3. The summed E-state index contributed by atoms with van der Waals surface area (Å²) in [6.07, 6.45) is 2.51. The molecule has 1 aliphatic heterocycles. The molecule has 1 aromatic rings. The first kappa shape index (κ1) is 24.3. The first-order chi connectivity index (χ1) is 14.8. The number of hydrogen-bond acceptors (Lipinski definition) is 7. The van der Waals surface area contributed by atoms with Crippen molar-refractivity contribution in [2.24, 2.45) is 0 Å². The van der Waals surface area contributed by atoms with E-state index < -0.39 is 48.2 Å². The fourth-order valence-electron chi connectivity index (χ4n) is 3.30. The highest BCUT2D eigenvalue weighted by Crippen LogP contribution is 2.24. The SMILES string of the molecule is C/C=C/C(=O)O[C@H]1/C=C/[C@@H](O)[C@@H](OC(=O)[C@H](CC)c2ccccc2)CCC(=O)O[C@@H]1C. The Bertz CT molecular complexity index is 799. The molecule has 5 atom stereocenters. The average molecular weight is 430 g/mol. The Morgan fingerprint density at radius 3 is 2.58 bits per heavy atom. The molecule has 0 saturated carbocycles. The molecule has 0 bridgehead atoms. The molecule has 1 heterocycles. The lowest BCUT2D eigenvalue weighted by Crippen LogP contribution is -2.36. The van der Waals surface area contributed by atoms with E-state index in [1.54, 1.807) is 13.8 Å². The zero-order chi connectivity index (χ0) is 22.8. The van der Waals surface area contributed by atoms with Gasteiger partial charge in [-0.05, 0) is 38.3 Å². The van der Waals surface area contributed by atoms with E-state index in [2.05, 4.69) is 0 Å². The molecular formula is C24H30O7. The van der Waals surface area contributed by atoms with Crippen molar-refractivity contribution in [1.82, 2.24) is 0 Å². The number of aliphatic hydroxyl groups is 1. The zero-order valence-corrected chi connectivity index (χ0v) is 18.1. The molecule has 0 spiro atoms. The van der Waals surface area contributed by atoms with E-state index in [4.69, 9.17) is 14.2 Å². The normalized spacial score (nSPS) is 26.5. The highest BCUT2D eigenvalue weighted by atomic mass is 16.6. The number of rotatable bonds is 6. The molecule has 7 heteroatoms. The second kappa shape index (κ2) is 12.1. The molecule has 0 unspecified atom stereocenters. The maximum absolute atomic E-state index is 12.8. The van der Waals surface area contributed by atoms with Crippen LogP contribution in [0.15, 0.2) is 54.6 Å². The van der Waals surface area contributed by atoms with Crippen LogP contribution in [-0.2, 0) is 28.6 Å². The van der Waals surface area contributed by atoms with Crippen LogP contribution < -0.4 is 0 Å². The van der Waals surface area contributed by atoms with Crippen LogP contribution in [-0.4, -0.2) is 47.4 Å². The average Bonchev–Trinajstić information content (AvgIpc) is 2.74. The van der Waals surface area contributed by atoms with Crippen molar-refractivity contribution in [2.45, 2.75) is 70.4 Å². The number of hydrogen-bond donors (Lipinski definition) is 1. The Kier molecular flexibility index (Phi) is 9.46. The van der Waals surface area contributed by atoms with Gasteiger partial charge in [0.15, 0.2) is 6.10 Å². The standard InChI is InChI=1S/C24H30O7/c1-4-9-22(26)30-20-13-12-19(25)21(14-15-23(27)29-16(20)3)31-24(28)18(5-2)17-10-7-6-8-11-17/h4,6-13,16,18-21,25H,5,14-15H2,1-3H3/b9-4+,13-12+/t16-,18-,19-,20+,21+/m1/s1. The van der Waals surface area contributed by atoms with Crippen LogP contribution in [0.4, 0.5) is 0 Å². The lowest BCUT2D eigenvalue weighted by atomic mass is 9.96. The predicted octanol–water partition coefficient (Wildman–Crippen LogP) is 3.22. The number of ether oxygens (including phenoxy) is 3. The quantitative estimate of drug-likeness (QED) is 0.320. The molecule has 168 valence electrons. The number of carbonyl (C=O) groups excluding carboxylic acids is 3. The van der Waals surface area contributed by atoms with Crippen LogP contribution in [0.1, 0.15) is 51.5 Å². The van der Waals surface area contributed by atoms with E-state index in [0.717, 1.165) is 5.56 Å². The molecule has 0 amide bonds. The highest BCUT2D eigenvalue weighted by molar-refractivity contribution is 5.82. The van der Waals surface area contributed by atoms with E-state index in [0.29, 0.717) is 6.42 Å². The third-order valence-corrected chi connectivity index (χ3v) is 5.01. The maximum Gasteiger partial charge on any atom is 0.331 e. The molecule has 1 aliphatic rings. The molecule has 2 rings (SSSR count). The van der Waals surface area contributed by atoms with Crippen LogP contribution in [0.25, 0.3) is 0 Å². The molecule has 0 saturated heterocycles. The van der Waals surface area contributed by atoms with Crippen molar-refractivity contribution in [3.05, 3.63) is 60.2 Å². The Morgan fingerprint density at radius 1 is 1.23 bits per heavy atom. The summed E-state index contributed by atoms with van der Waals surface area (Å²) in [6, 6.07) is 9.25. The minimum Gasteiger partial charge on any atom is -0.459 e. The second-order valence-corrected chi connectivity index (χ2v) is 7.36. The van der Waals surface area contributed by atoms with Gasteiger partial charge in [0.1, 0.15) is 18.3 Å². The summed E-state index contributed by atoms with van der Waals surface area (Å²) in [5.74, 6) is -2.07. The van der Waals surface area contributed by atoms with Crippen molar-refractivity contribution in [3.8, 4) is 0 Å². The largest absolute Gasteiger partial charge is 0.459 e. The fourth-order valence-corrected chi connectivity index (χ4v) is 3.30. The predicted molar refractivity (Wildman–Crippen MR) is 114 cm³/mol. The minimum atomic E-state index is -1.17. The minimum absolute atomic E-state index is 0.0507. The number of aliphatic hydroxyl groups excluding tert-OH is 1. The lowest BCUT2D eigenvalue weighted by Gasteiger charge is -2.27. The van der Waals surface area contributed by atoms with Gasteiger partial charge in [-0.2, -0.15) is 0 Å². The summed E-state index contributed by atoms with van der Waals surface area (Å²) in [6.45, 7) is 5.16. The summed E-state index contributed by atoms with van der Waals surface area (Å²) in [5.41, 5.74) is 0.823. The van der Waals surface area contributed by atoms with E-state index >= 15 is 0 Å². The van der Waals surface area contributed by atoms with Gasteiger partial charge in [-0.25, -0.2) is 4.79 Å². The second-order valence-electron chi connectivity index (χ2n) is 7.36. The molecule has 0 radical (unpaired) electrons. The third kappa shape index (κ3) is 7.36. The van der Waals surface area contributed by atoms with Crippen molar-refractivity contribution in [3.63, 3.8) is 0 Å². The summed E-state index contributed by atoms with van der Waals surface area (Å²) >= 11 is 0.